The fourth-order valence-electron chi connectivity index (χ4n) is 2.98. The van der Waals surface area contributed by atoms with Crippen molar-refractivity contribution in [3.8, 4) is 0 Å². The molecule has 4 heteroatoms. The zero-order valence-corrected chi connectivity index (χ0v) is 11.9. The van der Waals surface area contributed by atoms with Crippen LogP contribution in [-0.4, -0.2) is 11.4 Å². The SMILES string of the molecule is O=C1c2ccccc2CC12OC2c1ccc(Cl)c(Cl)c1. The van der Waals surface area contributed by atoms with Gasteiger partial charge in [0, 0.05) is 12.0 Å². The van der Waals surface area contributed by atoms with Gasteiger partial charge >= 0.3 is 0 Å². The number of carbonyl (C=O) groups is 1. The molecule has 1 heterocycles. The quantitative estimate of drug-likeness (QED) is 0.737. The van der Waals surface area contributed by atoms with Crippen molar-refractivity contribution in [2.75, 3.05) is 0 Å². The number of hydrogen-bond donors (Lipinski definition) is 0. The number of Topliss-reactive ketones (excluding diaryl/α,β-unsaturated/α-hetero) is 1. The van der Waals surface area contributed by atoms with Crippen molar-refractivity contribution < 1.29 is 9.53 Å². The van der Waals surface area contributed by atoms with Crippen LogP contribution in [0.25, 0.3) is 0 Å². The van der Waals surface area contributed by atoms with Gasteiger partial charge in [0.25, 0.3) is 0 Å². The lowest BCUT2D eigenvalue weighted by Crippen LogP contribution is -2.20. The van der Waals surface area contributed by atoms with E-state index in [1.165, 1.54) is 0 Å². The number of carbonyl (C=O) groups excluding carboxylic acids is 1. The van der Waals surface area contributed by atoms with E-state index in [0.29, 0.717) is 16.5 Å². The van der Waals surface area contributed by atoms with E-state index in [1.807, 2.05) is 30.3 Å². The maximum atomic E-state index is 12.5. The van der Waals surface area contributed by atoms with Crippen molar-refractivity contribution in [2.45, 2.75) is 18.1 Å². The molecular weight excluding hydrogens is 295 g/mol. The lowest BCUT2D eigenvalue weighted by molar-refractivity contribution is 0.0894. The summed E-state index contributed by atoms with van der Waals surface area (Å²) in [6.07, 6.45) is 0.407. The molecule has 1 saturated heterocycles. The van der Waals surface area contributed by atoms with E-state index in [2.05, 4.69) is 0 Å². The number of rotatable bonds is 1. The zero-order chi connectivity index (χ0) is 13.9. The summed E-state index contributed by atoms with van der Waals surface area (Å²) < 4.78 is 5.79. The summed E-state index contributed by atoms with van der Waals surface area (Å²) in [7, 11) is 0. The highest BCUT2D eigenvalue weighted by Gasteiger charge is 2.65. The first-order valence-corrected chi connectivity index (χ1v) is 7.13. The highest BCUT2D eigenvalue weighted by molar-refractivity contribution is 6.42. The third-order valence-electron chi connectivity index (χ3n) is 4.04. The van der Waals surface area contributed by atoms with Crippen LogP contribution in [0, 0.1) is 0 Å². The third-order valence-corrected chi connectivity index (χ3v) is 4.78. The summed E-state index contributed by atoms with van der Waals surface area (Å²) in [6.45, 7) is 0. The van der Waals surface area contributed by atoms with Crippen molar-refractivity contribution >= 4 is 29.0 Å². The number of ether oxygens (including phenoxy) is 1. The molecule has 1 aliphatic heterocycles. The molecule has 0 amide bonds. The Morgan fingerprint density at radius 1 is 1.10 bits per heavy atom. The number of hydrogen-bond acceptors (Lipinski definition) is 2. The van der Waals surface area contributed by atoms with E-state index in [9.17, 15) is 4.79 Å². The predicted molar refractivity (Wildman–Crippen MR) is 77.5 cm³/mol. The number of fused-ring (bicyclic) bond motifs is 1. The van der Waals surface area contributed by atoms with Crippen LogP contribution in [0.2, 0.25) is 10.0 Å². The standard InChI is InChI=1S/C16H10Cl2O2/c17-12-6-5-9(7-13(12)18)15-16(20-15)8-10-3-1-2-4-11(10)14(16)19/h1-7,15H,8H2. The van der Waals surface area contributed by atoms with Gasteiger partial charge in [0.2, 0.25) is 0 Å². The van der Waals surface area contributed by atoms with E-state index in [-0.39, 0.29) is 11.9 Å². The van der Waals surface area contributed by atoms with Gasteiger partial charge in [-0.3, -0.25) is 4.79 Å². The summed E-state index contributed by atoms with van der Waals surface area (Å²) >= 11 is 12.0. The second-order valence-electron chi connectivity index (χ2n) is 5.22. The molecule has 1 aliphatic carbocycles. The molecular formula is C16H10Cl2O2. The molecule has 2 atom stereocenters. The van der Waals surface area contributed by atoms with Gasteiger partial charge < -0.3 is 4.74 Å². The van der Waals surface area contributed by atoms with Crippen LogP contribution in [0.3, 0.4) is 0 Å². The van der Waals surface area contributed by atoms with Crippen molar-refractivity contribution in [1.29, 1.82) is 0 Å². The Morgan fingerprint density at radius 2 is 1.90 bits per heavy atom. The van der Waals surface area contributed by atoms with Crippen LogP contribution >= 0.6 is 23.2 Å². The normalized spacial score (nSPS) is 26.9. The first kappa shape index (κ1) is 12.4. The van der Waals surface area contributed by atoms with E-state index in [4.69, 9.17) is 27.9 Å². The number of halogens is 2. The molecule has 4 rings (SSSR count). The summed E-state index contributed by atoms with van der Waals surface area (Å²) in [5.74, 6) is 0.0733. The summed E-state index contributed by atoms with van der Waals surface area (Å²) in [6, 6.07) is 13.0. The van der Waals surface area contributed by atoms with E-state index >= 15 is 0 Å². The molecule has 20 heavy (non-hydrogen) atoms. The average Bonchev–Trinajstić information content (AvgIpc) is 3.09. The number of benzene rings is 2. The minimum atomic E-state index is -0.721. The molecule has 0 bridgehead atoms. The Morgan fingerprint density at radius 3 is 2.65 bits per heavy atom. The smallest absolute Gasteiger partial charge is 0.198 e. The van der Waals surface area contributed by atoms with E-state index in [0.717, 1.165) is 16.7 Å². The lowest BCUT2D eigenvalue weighted by atomic mass is 9.95. The molecule has 2 nitrogen and oxygen atoms in total. The molecule has 0 saturated carbocycles. The van der Waals surface area contributed by atoms with Gasteiger partial charge in [0.15, 0.2) is 11.4 Å². The molecule has 2 unspecified atom stereocenters. The van der Waals surface area contributed by atoms with Crippen LogP contribution < -0.4 is 0 Å². The van der Waals surface area contributed by atoms with Crippen molar-refractivity contribution in [3.63, 3.8) is 0 Å². The maximum absolute atomic E-state index is 12.5. The fraction of sp³-hybridized carbons (Fsp3) is 0.188. The minimum absolute atomic E-state index is 0.0733. The Hall–Kier alpha value is -1.35. The predicted octanol–water partition coefficient (Wildman–Crippen LogP) is 4.24. The van der Waals surface area contributed by atoms with Crippen molar-refractivity contribution in [1.82, 2.24) is 0 Å². The lowest BCUT2D eigenvalue weighted by Gasteiger charge is -2.03. The second kappa shape index (κ2) is 4.08. The van der Waals surface area contributed by atoms with E-state index in [1.54, 1.807) is 12.1 Å². The third kappa shape index (κ3) is 1.59. The Labute approximate surface area is 126 Å². The number of ketones is 1. The van der Waals surface area contributed by atoms with Gasteiger partial charge in [0.05, 0.1) is 10.0 Å². The van der Waals surface area contributed by atoms with Gasteiger partial charge in [-0.1, -0.05) is 53.5 Å². The first-order chi connectivity index (χ1) is 9.62. The Kier molecular flexibility index (Phi) is 2.53. The molecule has 1 spiro atoms. The van der Waals surface area contributed by atoms with Crippen LogP contribution in [0.5, 0.6) is 0 Å². The molecule has 100 valence electrons. The van der Waals surface area contributed by atoms with Crippen LogP contribution in [-0.2, 0) is 11.2 Å². The molecule has 2 aromatic rings. The highest BCUT2D eigenvalue weighted by atomic mass is 35.5. The van der Waals surface area contributed by atoms with Gasteiger partial charge in [-0.05, 0) is 23.3 Å². The van der Waals surface area contributed by atoms with Gasteiger partial charge in [0.1, 0.15) is 6.10 Å². The summed E-state index contributed by atoms with van der Waals surface area (Å²) in [5.41, 5.74) is 2.01. The van der Waals surface area contributed by atoms with Crippen molar-refractivity contribution in [2.24, 2.45) is 0 Å². The summed E-state index contributed by atoms with van der Waals surface area (Å²) in [5, 5.41) is 0.990. The van der Waals surface area contributed by atoms with Gasteiger partial charge in [-0.25, -0.2) is 0 Å². The van der Waals surface area contributed by atoms with Gasteiger partial charge in [-0.15, -0.1) is 0 Å². The largest absolute Gasteiger partial charge is 0.352 e. The Balaban J connectivity index is 1.70. The minimum Gasteiger partial charge on any atom is -0.352 e. The zero-order valence-electron chi connectivity index (χ0n) is 10.4. The first-order valence-electron chi connectivity index (χ1n) is 6.37. The molecule has 1 fully saturated rings. The average molecular weight is 305 g/mol. The van der Waals surface area contributed by atoms with Crippen LogP contribution in [0.15, 0.2) is 42.5 Å². The van der Waals surface area contributed by atoms with Crippen molar-refractivity contribution in [3.05, 3.63) is 69.2 Å². The molecule has 2 aromatic carbocycles. The monoisotopic (exact) mass is 304 g/mol. The summed E-state index contributed by atoms with van der Waals surface area (Å²) in [4.78, 5) is 12.5. The fourth-order valence-corrected chi connectivity index (χ4v) is 3.29. The van der Waals surface area contributed by atoms with E-state index < -0.39 is 5.60 Å². The molecule has 0 aromatic heterocycles. The topological polar surface area (TPSA) is 29.6 Å². The number of epoxide rings is 1. The molecule has 0 radical (unpaired) electrons. The maximum Gasteiger partial charge on any atom is 0.198 e. The van der Waals surface area contributed by atoms with Crippen LogP contribution in [0.4, 0.5) is 0 Å². The second-order valence-corrected chi connectivity index (χ2v) is 6.04. The Bertz CT molecular complexity index is 741. The van der Waals surface area contributed by atoms with Gasteiger partial charge in [-0.2, -0.15) is 0 Å². The highest BCUT2D eigenvalue weighted by Crippen LogP contribution is 2.57. The van der Waals surface area contributed by atoms with Crippen LogP contribution in [0.1, 0.15) is 27.6 Å². The molecule has 2 aliphatic rings. The molecule has 0 N–H and O–H groups in total.